The van der Waals surface area contributed by atoms with Crippen LogP contribution >= 0.6 is 0 Å². The Balaban J connectivity index is 2.24. The number of carbonyl (C=O) groups is 3. The number of aromatic nitrogens is 1. The maximum absolute atomic E-state index is 12.5. The molecule has 2 rings (SSSR count). The van der Waals surface area contributed by atoms with Crippen LogP contribution in [0.1, 0.15) is 48.0 Å². The molecule has 0 aliphatic rings. The number of ether oxygens (including phenoxy) is 2. The number of hydrogen-bond acceptors (Lipinski definition) is 5. The Labute approximate surface area is 145 Å². The molecule has 0 aliphatic carbocycles. The number of Topliss-reactive ketones (excluding diaryl/α,β-unsaturated/α-hetero) is 1. The normalized spacial score (nSPS) is 10.4. The highest BCUT2D eigenvalue weighted by molar-refractivity contribution is 6.02. The Morgan fingerprint density at radius 3 is 2.44 bits per heavy atom. The molecule has 0 fully saturated rings. The lowest BCUT2D eigenvalue weighted by molar-refractivity contribution is 0.0599. The summed E-state index contributed by atoms with van der Waals surface area (Å²) < 4.78 is 10.2. The summed E-state index contributed by atoms with van der Waals surface area (Å²) >= 11 is 0. The predicted octanol–water partition coefficient (Wildman–Crippen LogP) is 2.09. The van der Waals surface area contributed by atoms with E-state index in [2.05, 4.69) is 4.98 Å². The van der Waals surface area contributed by atoms with Crippen LogP contribution in [0, 0.1) is 20.8 Å². The van der Waals surface area contributed by atoms with Gasteiger partial charge < -0.3 is 20.2 Å². The summed E-state index contributed by atoms with van der Waals surface area (Å²) in [6, 6.07) is 4.92. The Bertz CT molecular complexity index is 851. The zero-order valence-electron chi connectivity index (χ0n) is 14.6. The number of esters is 1. The van der Waals surface area contributed by atoms with Gasteiger partial charge in [0.1, 0.15) is 5.75 Å². The number of methoxy groups -OCH3 is 1. The number of aromatic amines is 1. The number of aryl methyl sites for hydroxylation is 2. The van der Waals surface area contributed by atoms with Crippen molar-refractivity contribution < 1.29 is 23.9 Å². The Hall–Kier alpha value is -3.09. The fourth-order valence-electron chi connectivity index (χ4n) is 2.61. The van der Waals surface area contributed by atoms with Gasteiger partial charge in [0, 0.05) is 5.69 Å². The van der Waals surface area contributed by atoms with Gasteiger partial charge in [-0.25, -0.2) is 4.79 Å². The van der Waals surface area contributed by atoms with E-state index in [0.29, 0.717) is 16.8 Å². The maximum atomic E-state index is 12.5. The molecule has 3 N–H and O–H groups in total. The van der Waals surface area contributed by atoms with Crippen molar-refractivity contribution in [2.75, 3.05) is 13.7 Å². The van der Waals surface area contributed by atoms with Gasteiger partial charge in [0.05, 0.1) is 23.9 Å². The van der Waals surface area contributed by atoms with Crippen molar-refractivity contribution in [2.24, 2.45) is 5.73 Å². The summed E-state index contributed by atoms with van der Waals surface area (Å²) in [5, 5.41) is 0. The fraction of sp³-hybridized carbons (Fsp3) is 0.278. The lowest BCUT2D eigenvalue weighted by Gasteiger charge is -2.10. The van der Waals surface area contributed by atoms with Gasteiger partial charge in [-0.05, 0) is 44.0 Å². The summed E-state index contributed by atoms with van der Waals surface area (Å²) in [5.74, 6) is -1.26. The van der Waals surface area contributed by atoms with Crippen LogP contribution in [0.3, 0.4) is 0 Å². The highest BCUT2D eigenvalue weighted by atomic mass is 16.5. The van der Waals surface area contributed by atoms with Gasteiger partial charge in [0.2, 0.25) is 5.78 Å². The molecule has 0 bridgehead atoms. The van der Waals surface area contributed by atoms with Crippen LogP contribution in [0.2, 0.25) is 0 Å². The quantitative estimate of drug-likeness (QED) is 0.615. The van der Waals surface area contributed by atoms with Crippen molar-refractivity contribution in [3.63, 3.8) is 0 Å². The van der Waals surface area contributed by atoms with Gasteiger partial charge in [0.25, 0.3) is 5.91 Å². The van der Waals surface area contributed by atoms with E-state index < -0.39 is 11.9 Å². The first-order valence-electron chi connectivity index (χ1n) is 7.60. The van der Waals surface area contributed by atoms with Gasteiger partial charge in [-0.1, -0.05) is 6.07 Å². The Morgan fingerprint density at radius 2 is 1.84 bits per heavy atom. The highest BCUT2D eigenvalue weighted by Gasteiger charge is 2.23. The monoisotopic (exact) mass is 344 g/mol. The Morgan fingerprint density at radius 1 is 1.16 bits per heavy atom. The van der Waals surface area contributed by atoms with Crippen molar-refractivity contribution in [1.82, 2.24) is 4.98 Å². The molecule has 7 heteroatoms. The van der Waals surface area contributed by atoms with Gasteiger partial charge in [0.15, 0.2) is 6.61 Å². The fourth-order valence-corrected chi connectivity index (χ4v) is 2.61. The van der Waals surface area contributed by atoms with Crippen LogP contribution in [-0.4, -0.2) is 36.4 Å². The number of amides is 1. The first-order valence-corrected chi connectivity index (χ1v) is 7.60. The van der Waals surface area contributed by atoms with E-state index in [9.17, 15) is 14.4 Å². The second-order valence-corrected chi connectivity index (χ2v) is 5.69. The van der Waals surface area contributed by atoms with Crippen LogP contribution in [0.4, 0.5) is 0 Å². The largest absolute Gasteiger partial charge is 0.485 e. The van der Waals surface area contributed by atoms with Crippen LogP contribution in [0.15, 0.2) is 18.2 Å². The lowest BCUT2D eigenvalue weighted by Crippen LogP contribution is -2.17. The van der Waals surface area contributed by atoms with E-state index in [-0.39, 0.29) is 29.4 Å². The van der Waals surface area contributed by atoms with E-state index in [1.165, 1.54) is 7.11 Å². The molecule has 1 aromatic carbocycles. The summed E-state index contributed by atoms with van der Waals surface area (Å²) in [5.41, 5.74) is 8.03. The second kappa shape index (κ2) is 7.21. The average molecular weight is 344 g/mol. The molecule has 2 aromatic rings. The third-order valence-electron chi connectivity index (χ3n) is 3.87. The topological polar surface area (TPSA) is 111 Å². The molecule has 0 aliphatic heterocycles. The second-order valence-electron chi connectivity index (χ2n) is 5.69. The van der Waals surface area contributed by atoms with E-state index in [4.69, 9.17) is 15.2 Å². The third kappa shape index (κ3) is 3.71. The minimum atomic E-state index is -0.637. The van der Waals surface area contributed by atoms with Gasteiger partial charge in [-0.15, -0.1) is 0 Å². The number of H-pyrrole nitrogens is 1. The molecule has 25 heavy (non-hydrogen) atoms. The smallest absolute Gasteiger partial charge is 0.339 e. The van der Waals surface area contributed by atoms with Crippen molar-refractivity contribution in [3.05, 3.63) is 51.8 Å². The maximum Gasteiger partial charge on any atom is 0.339 e. The summed E-state index contributed by atoms with van der Waals surface area (Å²) in [6.45, 7) is 4.87. The molecule has 0 unspecified atom stereocenters. The van der Waals surface area contributed by atoms with E-state index in [0.717, 1.165) is 5.56 Å². The number of nitrogens with two attached hydrogens (primary N) is 1. The van der Waals surface area contributed by atoms with E-state index >= 15 is 0 Å². The van der Waals surface area contributed by atoms with Crippen molar-refractivity contribution in [3.8, 4) is 5.75 Å². The number of primary amides is 1. The van der Waals surface area contributed by atoms with Crippen LogP contribution < -0.4 is 10.5 Å². The molecule has 1 heterocycles. The van der Waals surface area contributed by atoms with Crippen molar-refractivity contribution in [2.45, 2.75) is 20.8 Å². The third-order valence-corrected chi connectivity index (χ3v) is 3.87. The molecule has 7 nitrogen and oxygen atoms in total. The first-order chi connectivity index (χ1) is 11.8. The molecule has 0 saturated heterocycles. The molecule has 0 saturated carbocycles. The van der Waals surface area contributed by atoms with Crippen molar-refractivity contribution in [1.29, 1.82) is 0 Å². The zero-order valence-corrected chi connectivity index (χ0v) is 14.6. The lowest BCUT2D eigenvalue weighted by atomic mass is 10.1. The van der Waals surface area contributed by atoms with Crippen LogP contribution in [-0.2, 0) is 4.74 Å². The summed E-state index contributed by atoms with van der Waals surface area (Å²) in [6.07, 6.45) is 0. The highest BCUT2D eigenvalue weighted by Crippen LogP contribution is 2.22. The van der Waals surface area contributed by atoms with E-state index in [1.807, 2.05) is 6.92 Å². The summed E-state index contributed by atoms with van der Waals surface area (Å²) in [7, 11) is 1.28. The predicted molar refractivity (Wildman–Crippen MR) is 91.1 cm³/mol. The molecule has 0 atom stereocenters. The molecule has 132 valence electrons. The standard InChI is InChI=1S/C18H20N2O5/c1-9-5-6-12(17(19)22)14(7-9)25-8-13(21)16-10(2)15(11(3)20-16)18(23)24-4/h5-7,20H,8H2,1-4H3,(H2,19,22). The minimum Gasteiger partial charge on any atom is -0.485 e. The number of rotatable bonds is 6. The van der Waals surface area contributed by atoms with Crippen molar-refractivity contribution >= 4 is 17.7 Å². The molecular formula is C18H20N2O5. The Kier molecular flexibility index (Phi) is 5.26. The number of ketones is 1. The molecule has 1 aromatic heterocycles. The number of hydrogen-bond donors (Lipinski definition) is 2. The van der Waals surface area contributed by atoms with Gasteiger partial charge in [-0.2, -0.15) is 0 Å². The minimum absolute atomic E-state index is 0.202. The van der Waals surface area contributed by atoms with Gasteiger partial charge >= 0.3 is 5.97 Å². The number of carbonyl (C=O) groups excluding carboxylic acids is 3. The van der Waals surface area contributed by atoms with Crippen LogP contribution in [0.25, 0.3) is 0 Å². The van der Waals surface area contributed by atoms with Gasteiger partial charge in [-0.3, -0.25) is 9.59 Å². The molecule has 0 spiro atoms. The zero-order chi connectivity index (χ0) is 18.7. The SMILES string of the molecule is COC(=O)c1c(C)[nH]c(C(=O)COc2cc(C)ccc2C(N)=O)c1C. The van der Waals surface area contributed by atoms with E-state index in [1.54, 1.807) is 32.0 Å². The first kappa shape index (κ1) is 18.3. The molecule has 1 amide bonds. The average Bonchev–Trinajstić information content (AvgIpc) is 2.86. The number of benzene rings is 1. The summed E-state index contributed by atoms with van der Waals surface area (Å²) in [4.78, 5) is 38.6. The number of nitrogens with one attached hydrogen (secondary N) is 1. The van der Waals surface area contributed by atoms with Crippen LogP contribution in [0.5, 0.6) is 5.75 Å². The molecule has 0 radical (unpaired) electrons. The molecular weight excluding hydrogens is 324 g/mol.